The van der Waals surface area contributed by atoms with Crippen LogP contribution in [0.25, 0.3) is 5.57 Å². The number of rotatable bonds is 2. The normalized spacial score (nSPS) is 15.5. The molecule has 112 valence electrons. The Labute approximate surface area is 130 Å². The van der Waals surface area contributed by atoms with Crippen molar-refractivity contribution in [3.05, 3.63) is 65.2 Å². The highest BCUT2D eigenvalue weighted by atomic mass is 16.3. The third-order valence-electron chi connectivity index (χ3n) is 3.88. The molecule has 2 aromatic carbocycles. The molecule has 2 N–H and O–H groups in total. The van der Waals surface area contributed by atoms with Gasteiger partial charge in [0.05, 0.1) is 11.1 Å². The van der Waals surface area contributed by atoms with Crippen LogP contribution in [-0.2, 0) is 0 Å². The zero-order chi connectivity index (χ0) is 15.9. The number of ketones is 1. The first-order chi connectivity index (χ1) is 10.4. The zero-order valence-corrected chi connectivity index (χ0v) is 13.0. The molecule has 3 nitrogen and oxygen atoms in total. The van der Waals surface area contributed by atoms with Gasteiger partial charge in [-0.2, -0.15) is 0 Å². The summed E-state index contributed by atoms with van der Waals surface area (Å²) >= 11 is 0. The number of aromatic hydroxyl groups is 1. The second-order valence-corrected chi connectivity index (χ2v) is 6.28. The van der Waals surface area contributed by atoms with E-state index in [9.17, 15) is 9.90 Å². The molecule has 1 aliphatic heterocycles. The van der Waals surface area contributed by atoms with E-state index < -0.39 is 0 Å². The molecule has 0 aliphatic carbocycles. The molecule has 0 amide bonds. The Balaban J connectivity index is 2.09. The summed E-state index contributed by atoms with van der Waals surface area (Å²) in [4.78, 5) is 12.6. The Bertz CT molecular complexity index is 774. The smallest absolute Gasteiger partial charge is 0.196 e. The second-order valence-electron chi connectivity index (χ2n) is 6.28. The van der Waals surface area contributed by atoms with Crippen molar-refractivity contribution in [2.24, 2.45) is 0 Å². The van der Waals surface area contributed by atoms with Crippen LogP contribution in [0.15, 0.2) is 48.5 Å². The van der Waals surface area contributed by atoms with E-state index in [2.05, 4.69) is 25.2 Å². The lowest BCUT2D eigenvalue weighted by atomic mass is 9.89. The molecule has 0 fully saturated rings. The van der Waals surface area contributed by atoms with Crippen LogP contribution in [0.1, 0.15) is 42.3 Å². The molecule has 2 aromatic rings. The van der Waals surface area contributed by atoms with Crippen LogP contribution in [0, 0.1) is 0 Å². The maximum Gasteiger partial charge on any atom is 0.196 e. The number of carbonyl (C=O) groups is 1. The van der Waals surface area contributed by atoms with Crippen molar-refractivity contribution >= 4 is 17.0 Å². The van der Waals surface area contributed by atoms with Crippen LogP contribution in [0.4, 0.5) is 5.69 Å². The van der Waals surface area contributed by atoms with E-state index in [1.807, 2.05) is 25.1 Å². The van der Waals surface area contributed by atoms with Gasteiger partial charge in [-0.25, -0.2) is 0 Å². The fourth-order valence-electron chi connectivity index (χ4n) is 2.95. The summed E-state index contributed by atoms with van der Waals surface area (Å²) in [6, 6.07) is 12.4. The Morgan fingerprint density at radius 2 is 1.82 bits per heavy atom. The van der Waals surface area contributed by atoms with Gasteiger partial charge in [-0.15, -0.1) is 0 Å². The van der Waals surface area contributed by atoms with E-state index in [1.54, 1.807) is 24.3 Å². The fourth-order valence-corrected chi connectivity index (χ4v) is 2.95. The standard InChI is InChI=1S/C19H19NO2/c1-12-11-19(2,3)20-16-10-17(21)15(9-14(12)16)18(22)13-7-5-4-6-8-13/h4-11,20-21H,1-3H3. The van der Waals surface area contributed by atoms with Gasteiger partial charge in [-0.3, -0.25) is 4.79 Å². The lowest BCUT2D eigenvalue weighted by molar-refractivity contribution is 0.103. The number of hydrogen-bond donors (Lipinski definition) is 2. The summed E-state index contributed by atoms with van der Waals surface area (Å²) in [6.07, 6.45) is 2.13. The lowest BCUT2D eigenvalue weighted by Gasteiger charge is -2.31. The zero-order valence-electron chi connectivity index (χ0n) is 13.0. The fraction of sp³-hybridized carbons (Fsp3) is 0.211. The van der Waals surface area contributed by atoms with Gasteiger partial charge in [-0.1, -0.05) is 36.4 Å². The summed E-state index contributed by atoms with van der Waals surface area (Å²) in [5, 5.41) is 13.6. The number of phenols is 1. The highest BCUT2D eigenvalue weighted by Crippen LogP contribution is 2.38. The van der Waals surface area contributed by atoms with E-state index in [0.29, 0.717) is 11.1 Å². The van der Waals surface area contributed by atoms with Crippen molar-refractivity contribution in [2.75, 3.05) is 5.32 Å². The highest BCUT2D eigenvalue weighted by Gasteiger charge is 2.25. The largest absolute Gasteiger partial charge is 0.507 e. The Kier molecular flexibility index (Phi) is 3.28. The van der Waals surface area contributed by atoms with E-state index in [1.165, 1.54) is 0 Å². The Morgan fingerprint density at radius 1 is 1.14 bits per heavy atom. The number of fused-ring (bicyclic) bond motifs is 1. The molecule has 0 spiro atoms. The van der Waals surface area contributed by atoms with Crippen molar-refractivity contribution in [1.29, 1.82) is 0 Å². The molecular weight excluding hydrogens is 274 g/mol. The molecule has 0 saturated heterocycles. The molecule has 3 rings (SSSR count). The second kappa shape index (κ2) is 5.02. The average molecular weight is 293 g/mol. The minimum Gasteiger partial charge on any atom is -0.507 e. The van der Waals surface area contributed by atoms with E-state index >= 15 is 0 Å². The minimum absolute atomic E-state index is 0.00519. The molecule has 0 unspecified atom stereocenters. The predicted molar refractivity (Wildman–Crippen MR) is 89.3 cm³/mol. The molecule has 0 atom stereocenters. The maximum atomic E-state index is 12.6. The molecule has 1 aliphatic rings. The molecule has 22 heavy (non-hydrogen) atoms. The van der Waals surface area contributed by atoms with Crippen LogP contribution in [0.2, 0.25) is 0 Å². The number of phenolic OH excluding ortho intramolecular Hbond substituents is 1. The summed E-state index contributed by atoms with van der Waals surface area (Å²) in [6.45, 7) is 6.16. The first kappa shape index (κ1) is 14.4. The van der Waals surface area contributed by atoms with Gasteiger partial charge in [0.25, 0.3) is 0 Å². The van der Waals surface area contributed by atoms with Crippen LogP contribution >= 0.6 is 0 Å². The summed E-state index contributed by atoms with van der Waals surface area (Å²) < 4.78 is 0. The number of benzene rings is 2. The average Bonchev–Trinajstić information content (AvgIpc) is 2.45. The monoisotopic (exact) mass is 293 g/mol. The van der Waals surface area contributed by atoms with E-state index in [0.717, 1.165) is 16.8 Å². The van der Waals surface area contributed by atoms with Gasteiger partial charge in [0.2, 0.25) is 0 Å². The third-order valence-corrected chi connectivity index (χ3v) is 3.88. The number of allylic oxidation sites excluding steroid dienone is 1. The number of carbonyl (C=O) groups excluding carboxylic acids is 1. The number of nitrogens with one attached hydrogen (secondary N) is 1. The van der Waals surface area contributed by atoms with Crippen molar-refractivity contribution in [1.82, 2.24) is 0 Å². The van der Waals surface area contributed by atoms with Gasteiger partial charge >= 0.3 is 0 Å². The van der Waals surface area contributed by atoms with Crippen LogP contribution in [0.3, 0.4) is 0 Å². The SMILES string of the molecule is CC1=CC(C)(C)Nc2cc(O)c(C(=O)c3ccccc3)cc21. The van der Waals surface area contributed by atoms with Crippen LogP contribution < -0.4 is 5.32 Å². The maximum absolute atomic E-state index is 12.6. The van der Waals surface area contributed by atoms with Gasteiger partial charge in [-0.05, 0) is 32.4 Å². The van der Waals surface area contributed by atoms with Gasteiger partial charge in [0, 0.05) is 22.9 Å². The van der Waals surface area contributed by atoms with E-state index in [-0.39, 0.29) is 17.1 Å². The number of anilines is 1. The predicted octanol–water partition coefficient (Wildman–Crippen LogP) is 4.23. The molecule has 0 bridgehead atoms. The van der Waals surface area contributed by atoms with Crippen LogP contribution in [0.5, 0.6) is 5.75 Å². The number of hydrogen-bond acceptors (Lipinski definition) is 3. The summed E-state index contributed by atoms with van der Waals surface area (Å²) in [7, 11) is 0. The van der Waals surface area contributed by atoms with Crippen molar-refractivity contribution < 1.29 is 9.90 Å². The van der Waals surface area contributed by atoms with Crippen molar-refractivity contribution in [2.45, 2.75) is 26.3 Å². The molecule has 0 radical (unpaired) electrons. The Morgan fingerprint density at radius 3 is 2.50 bits per heavy atom. The van der Waals surface area contributed by atoms with Gasteiger partial charge in [0.15, 0.2) is 5.78 Å². The first-order valence-corrected chi connectivity index (χ1v) is 7.32. The molecule has 1 heterocycles. The van der Waals surface area contributed by atoms with Crippen LogP contribution in [-0.4, -0.2) is 16.4 Å². The Hall–Kier alpha value is -2.55. The van der Waals surface area contributed by atoms with Gasteiger partial charge in [0.1, 0.15) is 5.75 Å². The molecule has 0 saturated carbocycles. The quantitative estimate of drug-likeness (QED) is 0.815. The van der Waals surface area contributed by atoms with E-state index in [4.69, 9.17) is 0 Å². The van der Waals surface area contributed by atoms with Crippen molar-refractivity contribution in [3.8, 4) is 5.75 Å². The topological polar surface area (TPSA) is 49.3 Å². The highest BCUT2D eigenvalue weighted by molar-refractivity contribution is 6.11. The third kappa shape index (κ3) is 2.50. The van der Waals surface area contributed by atoms with Crippen molar-refractivity contribution in [3.63, 3.8) is 0 Å². The lowest BCUT2D eigenvalue weighted by Crippen LogP contribution is -2.31. The molecular formula is C19H19NO2. The van der Waals surface area contributed by atoms with Gasteiger partial charge < -0.3 is 10.4 Å². The summed E-state index contributed by atoms with van der Waals surface area (Å²) in [5.41, 5.74) is 3.64. The minimum atomic E-state index is -0.172. The molecule has 0 aromatic heterocycles. The summed E-state index contributed by atoms with van der Waals surface area (Å²) in [5.74, 6) is -0.163. The molecule has 3 heteroatoms. The first-order valence-electron chi connectivity index (χ1n) is 7.32.